The molecule has 2 rings (SSSR count). The summed E-state index contributed by atoms with van der Waals surface area (Å²) in [5, 5.41) is 7.23. The van der Waals surface area contributed by atoms with Crippen LogP contribution >= 0.6 is 11.5 Å². The van der Waals surface area contributed by atoms with Gasteiger partial charge in [-0.2, -0.15) is 0 Å². The van der Waals surface area contributed by atoms with Crippen LogP contribution in [0.3, 0.4) is 0 Å². The highest BCUT2D eigenvalue weighted by Gasteiger charge is 2.13. The van der Waals surface area contributed by atoms with Gasteiger partial charge in [-0.15, -0.1) is 5.10 Å². The zero-order valence-corrected chi connectivity index (χ0v) is 11.2. The molecule has 1 aromatic heterocycles. The molecule has 0 amide bonds. The van der Waals surface area contributed by atoms with Crippen molar-refractivity contribution in [3.8, 4) is 0 Å². The van der Waals surface area contributed by atoms with Gasteiger partial charge in [-0.3, -0.25) is 0 Å². The second-order valence-corrected chi connectivity index (χ2v) is 5.11. The Bertz CT molecular complexity index is 479. The summed E-state index contributed by atoms with van der Waals surface area (Å²) in [5.74, 6) is 0. The van der Waals surface area contributed by atoms with Crippen LogP contribution in [0.1, 0.15) is 27.6 Å². The average molecular weight is 247 g/mol. The molecule has 0 saturated heterocycles. The predicted octanol–water partition coefficient (Wildman–Crippen LogP) is 2.66. The molecule has 90 valence electrons. The quantitative estimate of drug-likeness (QED) is 0.902. The lowest BCUT2D eigenvalue weighted by Crippen LogP contribution is -2.18. The highest BCUT2D eigenvalue weighted by molar-refractivity contribution is 7.05. The van der Waals surface area contributed by atoms with E-state index in [2.05, 4.69) is 47.0 Å². The van der Waals surface area contributed by atoms with Crippen LogP contribution in [-0.4, -0.2) is 16.6 Å². The van der Waals surface area contributed by atoms with E-state index in [4.69, 9.17) is 0 Å². The van der Waals surface area contributed by atoms with Crippen LogP contribution in [-0.2, 0) is 6.42 Å². The molecule has 0 spiro atoms. The number of hydrogen-bond donors (Lipinski definition) is 1. The third-order valence-corrected chi connectivity index (χ3v) is 3.78. The number of benzene rings is 1. The number of rotatable bonds is 4. The van der Waals surface area contributed by atoms with Crippen molar-refractivity contribution < 1.29 is 0 Å². The van der Waals surface area contributed by atoms with E-state index in [-0.39, 0.29) is 0 Å². The number of aryl methyl sites for hydroxylation is 2. The minimum atomic E-state index is 0.301. The summed E-state index contributed by atoms with van der Waals surface area (Å²) in [6.07, 6.45) is 2.82. The van der Waals surface area contributed by atoms with Gasteiger partial charge in [0.1, 0.15) is 0 Å². The second-order valence-electron chi connectivity index (χ2n) is 4.30. The summed E-state index contributed by atoms with van der Waals surface area (Å²) in [5.41, 5.74) is 4.04. The zero-order valence-electron chi connectivity index (χ0n) is 10.4. The lowest BCUT2D eigenvalue weighted by atomic mass is 9.98. The molecule has 4 heteroatoms. The summed E-state index contributed by atoms with van der Waals surface area (Å²) in [4.78, 5) is 1.19. The van der Waals surface area contributed by atoms with Crippen LogP contribution in [0.25, 0.3) is 0 Å². The van der Waals surface area contributed by atoms with Crippen molar-refractivity contribution in [1.82, 2.24) is 14.9 Å². The van der Waals surface area contributed by atoms with Gasteiger partial charge in [0, 0.05) is 6.04 Å². The molecule has 0 aliphatic heterocycles. The Balaban J connectivity index is 2.21. The Morgan fingerprint density at radius 2 is 2.18 bits per heavy atom. The van der Waals surface area contributed by atoms with Gasteiger partial charge in [0.2, 0.25) is 0 Å². The molecule has 3 nitrogen and oxygen atoms in total. The molecule has 17 heavy (non-hydrogen) atoms. The van der Waals surface area contributed by atoms with E-state index >= 15 is 0 Å². The lowest BCUT2D eigenvalue weighted by Gasteiger charge is -2.15. The van der Waals surface area contributed by atoms with Crippen LogP contribution in [0.4, 0.5) is 0 Å². The molecular weight excluding hydrogens is 230 g/mol. The highest BCUT2D eigenvalue weighted by Crippen LogP contribution is 2.22. The van der Waals surface area contributed by atoms with Crippen LogP contribution in [0, 0.1) is 13.8 Å². The first kappa shape index (κ1) is 12.2. The van der Waals surface area contributed by atoms with E-state index in [0.29, 0.717) is 6.04 Å². The number of nitrogens with one attached hydrogen (secondary N) is 1. The standard InChI is InChI=1S/C13H17N3S/c1-9-4-5-10(2)11(6-9)7-12(14-3)13-8-15-16-17-13/h4-6,8,12,14H,7H2,1-3H3. The van der Waals surface area contributed by atoms with Gasteiger partial charge in [0.15, 0.2) is 0 Å². The van der Waals surface area contributed by atoms with Crippen molar-refractivity contribution in [2.75, 3.05) is 7.05 Å². The largest absolute Gasteiger partial charge is 0.312 e. The summed E-state index contributed by atoms with van der Waals surface area (Å²) >= 11 is 1.46. The van der Waals surface area contributed by atoms with Crippen molar-refractivity contribution >= 4 is 11.5 Å². The SMILES string of the molecule is CNC(Cc1cc(C)ccc1C)c1cnns1. The van der Waals surface area contributed by atoms with Crippen LogP contribution in [0.5, 0.6) is 0 Å². The van der Waals surface area contributed by atoms with Crippen molar-refractivity contribution in [3.05, 3.63) is 46.0 Å². The normalized spacial score (nSPS) is 12.6. The van der Waals surface area contributed by atoms with E-state index < -0.39 is 0 Å². The summed E-state index contributed by atoms with van der Waals surface area (Å²) in [6.45, 7) is 4.29. The van der Waals surface area contributed by atoms with Gasteiger partial charge in [0.05, 0.1) is 11.1 Å². The fourth-order valence-electron chi connectivity index (χ4n) is 1.91. The fourth-order valence-corrected chi connectivity index (χ4v) is 2.52. The van der Waals surface area contributed by atoms with Crippen molar-refractivity contribution in [1.29, 1.82) is 0 Å². The topological polar surface area (TPSA) is 37.8 Å². The van der Waals surface area contributed by atoms with Crippen LogP contribution < -0.4 is 5.32 Å². The Labute approximate surface area is 106 Å². The smallest absolute Gasteiger partial charge is 0.0669 e. The average Bonchev–Trinajstić information content (AvgIpc) is 2.84. The molecular formula is C13H17N3S. The second kappa shape index (κ2) is 5.38. The molecule has 1 aromatic carbocycles. The zero-order chi connectivity index (χ0) is 12.3. The molecule has 0 radical (unpaired) electrons. The monoisotopic (exact) mass is 247 g/mol. The minimum absolute atomic E-state index is 0.301. The molecule has 1 N–H and O–H groups in total. The van der Waals surface area contributed by atoms with Crippen molar-refractivity contribution in [3.63, 3.8) is 0 Å². The maximum atomic E-state index is 3.92. The van der Waals surface area contributed by atoms with Crippen molar-refractivity contribution in [2.24, 2.45) is 0 Å². The number of likely N-dealkylation sites (N-methyl/N-ethyl adjacent to an activating group) is 1. The minimum Gasteiger partial charge on any atom is -0.312 e. The third kappa shape index (κ3) is 2.90. The van der Waals surface area contributed by atoms with Gasteiger partial charge in [0.25, 0.3) is 0 Å². The maximum absolute atomic E-state index is 3.92. The lowest BCUT2D eigenvalue weighted by molar-refractivity contribution is 0.599. The van der Waals surface area contributed by atoms with Crippen molar-refractivity contribution in [2.45, 2.75) is 26.3 Å². The van der Waals surface area contributed by atoms with Gasteiger partial charge >= 0.3 is 0 Å². The van der Waals surface area contributed by atoms with Gasteiger partial charge in [-0.1, -0.05) is 28.3 Å². The molecule has 0 fully saturated rings. The summed E-state index contributed by atoms with van der Waals surface area (Å²) in [7, 11) is 1.98. The number of hydrogen-bond acceptors (Lipinski definition) is 4. The molecule has 2 aromatic rings. The molecule has 1 unspecified atom stereocenters. The number of aromatic nitrogens is 2. The molecule has 0 aliphatic rings. The maximum Gasteiger partial charge on any atom is 0.0669 e. The first-order valence-corrected chi connectivity index (χ1v) is 6.48. The first-order chi connectivity index (χ1) is 8.20. The summed E-state index contributed by atoms with van der Waals surface area (Å²) in [6, 6.07) is 6.90. The van der Waals surface area contributed by atoms with E-state index in [0.717, 1.165) is 6.42 Å². The van der Waals surface area contributed by atoms with E-state index in [1.54, 1.807) is 0 Å². The Hall–Kier alpha value is -1.26. The van der Waals surface area contributed by atoms with E-state index in [9.17, 15) is 0 Å². The molecule has 1 atom stereocenters. The fraction of sp³-hybridized carbons (Fsp3) is 0.385. The highest BCUT2D eigenvalue weighted by atomic mass is 32.1. The molecule has 1 heterocycles. The van der Waals surface area contributed by atoms with E-state index in [1.807, 2.05) is 13.2 Å². The Kier molecular flexibility index (Phi) is 3.86. The van der Waals surface area contributed by atoms with Crippen LogP contribution in [0.15, 0.2) is 24.4 Å². The first-order valence-electron chi connectivity index (χ1n) is 5.71. The molecule has 0 aliphatic carbocycles. The van der Waals surface area contributed by atoms with Crippen LogP contribution in [0.2, 0.25) is 0 Å². The molecule has 0 bridgehead atoms. The summed E-state index contributed by atoms with van der Waals surface area (Å²) < 4.78 is 3.92. The van der Waals surface area contributed by atoms with E-state index in [1.165, 1.54) is 33.1 Å². The van der Waals surface area contributed by atoms with Gasteiger partial charge < -0.3 is 5.32 Å². The molecule has 0 saturated carbocycles. The number of nitrogens with zero attached hydrogens (tertiary/aromatic N) is 2. The third-order valence-electron chi connectivity index (χ3n) is 3.00. The van der Waals surface area contributed by atoms with Gasteiger partial charge in [-0.05, 0) is 50.0 Å². The predicted molar refractivity (Wildman–Crippen MR) is 71.3 cm³/mol. The van der Waals surface area contributed by atoms with Gasteiger partial charge in [-0.25, -0.2) is 0 Å². The Morgan fingerprint density at radius 3 is 2.82 bits per heavy atom. The Morgan fingerprint density at radius 1 is 1.35 bits per heavy atom.